The van der Waals surface area contributed by atoms with Gasteiger partial charge in [-0.2, -0.15) is 0 Å². The molecule has 0 saturated heterocycles. The second-order valence-electron chi connectivity index (χ2n) is 2.76. The van der Waals surface area contributed by atoms with E-state index in [0.717, 1.165) is 0 Å². The minimum absolute atomic E-state index is 0.136. The van der Waals surface area contributed by atoms with E-state index >= 15 is 0 Å². The standard InChI is InChI=1S/C10H9ClO3/c1-6(13)7-3-8(5-12)10(11)9(4-7)14-2/h3-5H,1-2H3. The van der Waals surface area contributed by atoms with Crippen molar-refractivity contribution in [2.75, 3.05) is 7.11 Å². The van der Waals surface area contributed by atoms with Crippen LogP contribution in [0.15, 0.2) is 12.1 Å². The van der Waals surface area contributed by atoms with Crippen LogP contribution in [0.25, 0.3) is 0 Å². The van der Waals surface area contributed by atoms with Gasteiger partial charge in [0.05, 0.1) is 12.1 Å². The van der Waals surface area contributed by atoms with Gasteiger partial charge in [0.25, 0.3) is 0 Å². The number of carbonyl (C=O) groups excluding carboxylic acids is 2. The number of aldehydes is 1. The average molecular weight is 213 g/mol. The number of rotatable bonds is 3. The minimum atomic E-state index is -0.136. The highest BCUT2D eigenvalue weighted by atomic mass is 35.5. The third kappa shape index (κ3) is 1.93. The SMILES string of the molecule is COc1cc(C(C)=O)cc(C=O)c1Cl. The summed E-state index contributed by atoms with van der Waals surface area (Å²) in [5, 5.41) is 0.229. The predicted molar refractivity (Wildman–Crippen MR) is 53.4 cm³/mol. The van der Waals surface area contributed by atoms with Crippen LogP contribution in [0.3, 0.4) is 0 Å². The molecule has 0 aromatic heterocycles. The number of ether oxygens (including phenoxy) is 1. The van der Waals surface area contributed by atoms with Crippen LogP contribution < -0.4 is 4.74 Å². The summed E-state index contributed by atoms with van der Waals surface area (Å²) in [5.41, 5.74) is 0.671. The molecule has 74 valence electrons. The number of hydrogen-bond acceptors (Lipinski definition) is 3. The predicted octanol–water partition coefficient (Wildman–Crippen LogP) is 2.36. The molecule has 0 atom stereocenters. The molecule has 0 fully saturated rings. The Morgan fingerprint density at radius 2 is 2.14 bits per heavy atom. The highest BCUT2D eigenvalue weighted by molar-refractivity contribution is 6.34. The van der Waals surface area contributed by atoms with Crippen LogP contribution in [0.5, 0.6) is 5.75 Å². The summed E-state index contributed by atoms with van der Waals surface area (Å²) in [6.45, 7) is 1.41. The maximum absolute atomic E-state index is 11.1. The van der Waals surface area contributed by atoms with Crippen LogP contribution in [0.4, 0.5) is 0 Å². The van der Waals surface area contributed by atoms with Gasteiger partial charge in [0.1, 0.15) is 5.75 Å². The molecular formula is C10H9ClO3. The maximum Gasteiger partial charge on any atom is 0.159 e. The van der Waals surface area contributed by atoms with Gasteiger partial charge < -0.3 is 4.74 Å². The summed E-state index contributed by atoms with van der Waals surface area (Å²) >= 11 is 5.82. The fourth-order valence-corrected chi connectivity index (χ4v) is 1.29. The molecule has 0 radical (unpaired) electrons. The van der Waals surface area contributed by atoms with Gasteiger partial charge in [0, 0.05) is 11.1 Å². The largest absolute Gasteiger partial charge is 0.495 e. The van der Waals surface area contributed by atoms with Gasteiger partial charge in [-0.15, -0.1) is 0 Å². The summed E-state index contributed by atoms with van der Waals surface area (Å²) in [6.07, 6.45) is 0.595. The molecule has 14 heavy (non-hydrogen) atoms. The third-order valence-corrected chi connectivity index (χ3v) is 2.23. The molecule has 1 aromatic carbocycles. The normalized spacial score (nSPS) is 9.64. The quantitative estimate of drug-likeness (QED) is 0.571. The summed E-state index contributed by atoms with van der Waals surface area (Å²) < 4.78 is 4.94. The zero-order chi connectivity index (χ0) is 10.7. The van der Waals surface area contributed by atoms with Crippen molar-refractivity contribution in [3.05, 3.63) is 28.3 Å². The molecule has 1 aromatic rings. The Morgan fingerprint density at radius 3 is 2.57 bits per heavy atom. The van der Waals surface area contributed by atoms with E-state index in [0.29, 0.717) is 17.6 Å². The van der Waals surface area contributed by atoms with Gasteiger partial charge in [0.2, 0.25) is 0 Å². The monoisotopic (exact) mass is 212 g/mol. The Morgan fingerprint density at radius 1 is 1.50 bits per heavy atom. The molecule has 0 bridgehead atoms. The number of benzene rings is 1. The zero-order valence-electron chi connectivity index (χ0n) is 7.83. The molecule has 0 N–H and O–H groups in total. The molecule has 0 unspecified atom stereocenters. The molecular weight excluding hydrogens is 204 g/mol. The first-order valence-corrected chi connectivity index (χ1v) is 4.31. The van der Waals surface area contributed by atoms with Crippen LogP contribution in [-0.2, 0) is 0 Å². The number of hydrogen-bond donors (Lipinski definition) is 0. The van der Waals surface area contributed by atoms with Crippen molar-refractivity contribution >= 4 is 23.7 Å². The molecule has 0 spiro atoms. The first-order chi connectivity index (χ1) is 6.60. The van der Waals surface area contributed by atoms with Crippen LogP contribution in [-0.4, -0.2) is 19.2 Å². The van der Waals surface area contributed by atoms with Gasteiger partial charge in [-0.25, -0.2) is 0 Å². The lowest BCUT2D eigenvalue weighted by Gasteiger charge is -2.06. The van der Waals surface area contributed by atoms with Crippen molar-refractivity contribution in [2.24, 2.45) is 0 Å². The first kappa shape index (κ1) is 10.7. The van der Waals surface area contributed by atoms with E-state index in [1.165, 1.54) is 26.2 Å². The smallest absolute Gasteiger partial charge is 0.159 e. The van der Waals surface area contributed by atoms with E-state index in [4.69, 9.17) is 16.3 Å². The fraction of sp³-hybridized carbons (Fsp3) is 0.200. The lowest BCUT2D eigenvalue weighted by atomic mass is 10.1. The maximum atomic E-state index is 11.1. The Hall–Kier alpha value is -1.35. The summed E-state index contributed by atoms with van der Waals surface area (Å²) in [7, 11) is 1.43. The third-order valence-electron chi connectivity index (χ3n) is 1.82. The van der Waals surface area contributed by atoms with Crippen LogP contribution in [0.1, 0.15) is 27.6 Å². The van der Waals surface area contributed by atoms with Crippen molar-refractivity contribution in [1.29, 1.82) is 0 Å². The van der Waals surface area contributed by atoms with Crippen LogP contribution in [0, 0.1) is 0 Å². The number of halogens is 1. The first-order valence-electron chi connectivity index (χ1n) is 3.93. The second-order valence-corrected chi connectivity index (χ2v) is 3.13. The molecule has 0 saturated carbocycles. The summed E-state index contributed by atoms with van der Waals surface area (Å²) in [6, 6.07) is 2.96. The Bertz CT molecular complexity index is 385. The van der Waals surface area contributed by atoms with E-state index in [1.807, 2.05) is 0 Å². The van der Waals surface area contributed by atoms with Gasteiger partial charge in [-0.05, 0) is 19.1 Å². The van der Waals surface area contributed by atoms with Gasteiger partial charge in [-0.3, -0.25) is 9.59 Å². The number of carbonyl (C=O) groups is 2. The van der Waals surface area contributed by atoms with Crippen molar-refractivity contribution in [2.45, 2.75) is 6.92 Å². The molecule has 0 aliphatic rings. The topological polar surface area (TPSA) is 43.4 Å². The summed E-state index contributed by atoms with van der Waals surface area (Å²) in [4.78, 5) is 21.7. The van der Waals surface area contributed by atoms with Gasteiger partial charge in [0.15, 0.2) is 12.1 Å². The molecule has 0 amide bonds. The van der Waals surface area contributed by atoms with Crippen LogP contribution in [0.2, 0.25) is 5.02 Å². The molecule has 0 heterocycles. The highest BCUT2D eigenvalue weighted by Gasteiger charge is 2.11. The highest BCUT2D eigenvalue weighted by Crippen LogP contribution is 2.28. The Kier molecular flexibility index (Phi) is 3.25. The van der Waals surface area contributed by atoms with E-state index in [1.54, 1.807) is 0 Å². The lowest BCUT2D eigenvalue weighted by molar-refractivity contribution is 0.101. The molecule has 0 aliphatic heterocycles. The van der Waals surface area contributed by atoms with Crippen molar-refractivity contribution < 1.29 is 14.3 Å². The van der Waals surface area contributed by atoms with Gasteiger partial charge in [-0.1, -0.05) is 11.6 Å². The lowest BCUT2D eigenvalue weighted by Crippen LogP contribution is -1.97. The van der Waals surface area contributed by atoms with E-state index < -0.39 is 0 Å². The number of methoxy groups -OCH3 is 1. The molecule has 1 rings (SSSR count). The zero-order valence-corrected chi connectivity index (χ0v) is 8.59. The minimum Gasteiger partial charge on any atom is -0.495 e. The van der Waals surface area contributed by atoms with Crippen molar-refractivity contribution in [1.82, 2.24) is 0 Å². The molecule has 4 heteroatoms. The van der Waals surface area contributed by atoms with Crippen LogP contribution >= 0.6 is 11.6 Å². The number of ketones is 1. The molecule has 3 nitrogen and oxygen atoms in total. The number of Topliss-reactive ketones (excluding diaryl/α,β-unsaturated/α-hetero) is 1. The fourth-order valence-electron chi connectivity index (χ4n) is 1.06. The average Bonchev–Trinajstić information content (AvgIpc) is 2.17. The Balaban J connectivity index is 3.39. The van der Waals surface area contributed by atoms with Crippen molar-refractivity contribution in [3.63, 3.8) is 0 Å². The Labute approximate surface area is 86.6 Å². The van der Waals surface area contributed by atoms with E-state index in [-0.39, 0.29) is 16.4 Å². The van der Waals surface area contributed by atoms with E-state index in [9.17, 15) is 9.59 Å². The molecule has 0 aliphatic carbocycles. The van der Waals surface area contributed by atoms with Crippen molar-refractivity contribution in [3.8, 4) is 5.75 Å². The van der Waals surface area contributed by atoms with Gasteiger partial charge >= 0.3 is 0 Å². The van der Waals surface area contributed by atoms with E-state index in [2.05, 4.69) is 0 Å². The summed E-state index contributed by atoms with van der Waals surface area (Å²) in [5.74, 6) is 0.199. The second kappa shape index (κ2) is 4.24.